The summed E-state index contributed by atoms with van der Waals surface area (Å²) >= 11 is 0. The highest BCUT2D eigenvalue weighted by Gasteiger charge is 2.32. The van der Waals surface area contributed by atoms with Crippen LogP contribution in [0, 0.1) is 5.92 Å². The lowest BCUT2D eigenvalue weighted by atomic mass is 10.0. The van der Waals surface area contributed by atoms with Gasteiger partial charge in [-0.2, -0.15) is 0 Å². The number of carboxylic acid groups (broad SMARTS) is 1. The number of carbonyl (C=O) groups is 4. The first-order valence-corrected chi connectivity index (χ1v) is 13.2. The largest absolute Gasteiger partial charge is 0.480 e. The zero-order valence-electron chi connectivity index (χ0n) is 22.5. The molecule has 0 radical (unpaired) electrons. The highest BCUT2D eigenvalue weighted by Crippen LogP contribution is 2.19. The van der Waals surface area contributed by atoms with Crippen LogP contribution in [0.1, 0.15) is 58.1 Å². The van der Waals surface area contributed by atoms with Crippen molar-refractivity contribution in [2.24, 2.45) is 5.92 Å². The van der Waals surface area contributed by atoms with Crippen LogP contribution in [-0.2, 0) is 25.6 Å². The number of hydrogen-bond donors (Lipinski definition) is 4. The molecule has 1 aliphatic rings. The predicted molar refractivity (Wildman–Crippen MR) is 147 cm³/mol. The van der Waals surface area contributed by atoms with Gasteiger partial charge in [-0.15, -0.1) is 0 Å². The Balaban J connectivity index is 1.55. The summed E-state index contributed by atoms with van der Waals surface area (Å²) < 4.78 is 0. The van der Waals surface area contributed by atoms with E-state index in [1.165, 1.54) is 10.6 Å². The van der Waals surface area contributed by atoms with E-state index in [4.69, 9.17) is 0 Å². The molecule has 1 fully saturated rings. The standard InChI is InChI=1S/C29H38N4O5/c1-5-20-11-13-22-14-12-21(17-23(22)16-20)8-6-10-25(34)31-26(18(2)3)27(35)30-19(4)28(36)33-15-7-9-24(32-33)29(37)38/h6,8,11-14,16-19,24,26,32H,5,7,9-10,15H2,1-4H3,(H,30,35)(H,31,34)(H,37,38)/b8-6+. The molecule has 38 heavy (non-hydrogen) atoms. The van der Waals surface area contributed by atoms with Crippen molar-refractivity contribution in [1.82, 2.24) is 21.1 Å². The fourth-order valence-electron chi connectivity index (χ4n) is 4.43. The second-order valence-corrected chi connectivity index (χ2v) is 10.1. The minimum absolute atomic E-state index is 0.103. The molecule has 1 saturated heterocycles. The summed E-state index contributed by atoms with van der Waals surface area (Å²) in [6, 6.07) is 10.00. The minimum atomic E-state index is -1.03. The second-order valence-electron chi connectivity index (χ2n) is 10.1. The van der Waals surface area contributed by atoms with Gasteiger partial charge in [0.05, 0.1) is 0 Å². The van der Waals surface area contributed by atoms with Gasteiger partial charge in [0.2, 0.25) is 11.8 Å². The molecule has 3 amide bonds. The highest BCUT2D eigenvalue weighted by atomic mass is 16.4. The number of hydrogen-bond acceptors (Lipinski definition) is 5. The van der Waals surface area contributed by atoms with E-state index in [2.05, 4.69) is 53.3 Å². The molecule has 1 heterocycles. The summed E-state index contributed by atoms with van der Waals surface area (Å²) in [5.74, 6) is -2.43. The third-order valence-electron chi connectivity index (χ3n) is 6.70. The number of aryl methyl sites for hydroxylation is 1. The van der Waals surface area contributed by atoms with Gasteiger partial charge >= 0.3 is 5.97 Å². The molecule has 9 nitrogen and oxygen atoms in total. The summed E-state index contributed by atoms with van der Waals surface area (Å²) in [4.78, 5) is 49.6. The van der Waals surface area contributed by atoms with Crippen LogP contribution in [0.15, 0.2) is 42.5 Å². The van der Waals surface area contributed by atoms with E-state index in [0.717, 1.165) is 22.8 Å². The number of aliphatic carboxylic acids is 1. The summed E-state index contributed by atoms with van der Waals surface area (Å²) in [6.45, 7) is 7.65. The van der Waals surface area contributed by atoms with Gasteiger partial charge in [-0.1, -0.05) is 63.3 Å². The van der Waals surface area contributed by atoms with E-state index in [9.17, 15) is 24.3 Å². The topological polar surface area (TPSA) is 128 Å². The monoisotopic (exact) mass is 522 g/mol. The Hall–Kier alpha value is -3.72. The summed E-state index contributed by atoms with van der Waals surface area (Å²) in [6.07, 6.45) is 5.70. The molecule has 3 atom stereocenters. The van der Waals surface area contributed by atoms with E-state index in [0.29, 0.717) is 19.4 Å². The van der Waals surface area contributed by atoms with Gasteiger partial charge in [-0.25, -0.2) is 5.43 Å². The summed E-state index contributed by atoms with van der Waals surface area (Å²) in [7, 11) is 0. The molecule has 2 aromatic rings. The number of nitrogens with one attached hydrogen (secondary N) is 3. The van der Waals surface area contributed by atoms with Crippen LogP contribution in [0.4, 0.5) is 0 Å². The lowest BCUT2D eigenvalue weighted by molar-refractivity contribution is -0.148. The third kappa shape index (κ3) is 7.64. The van der Waals surface area contributed by atoms with Crippen molar-refractivity contribution in [2.75, 3.05) is 6.54 Å². The third-order valence-corrected chi connectivity index (χ3v) is 6.70. The Morgan fingerprint density at radius 3 is 2.50 bits per heavy atom. The fourth-order valence-corrected chi connectivity index (χ4v) is 4.43. The number of hydrazine groups is 1. The molecule has 9 heteroatoms. The highest BCUT2D eigenvalue weighted by molar-refractivity contribution is 5.92. The normalized spacial score (nSPS) is 17.4. The maximum absolute atomic E-state index is 12.9. The molecule has 1 aliphatic heterocycles. The van der Waals surface area contributed by atoms with Crippen LogP contribution in [0.3, 0.4) is 0 Å². The molecule has 0 saturated carbocycles. The number of benzene rings is 2. The number of carbonyl (C=O) groups excluding carboxylic acids is 3. The second kappa shape index (κ2) is 13.2. The predicted octanol–water partition coefficient (Wildman–Crippen LogP) is 3.03. The summed E-state index contributed by atoms with van der Waals surface area (Å²) in [5, 5.41) is 18.2. The smallest absolute Gasteiger partial charge is 0.322 e. The zero-order valence-corrected chi connectivity index (χ0v) is 22.5. The molecule has 204 valence electrons. The minimum Gasteiger partial charge on any atom is -0.480 e. The van der Waals surface area contributed by atoms with E-state index in [1.54, 1.807) is 13.0 Å². The summed E-state index contributed by atoms with van der Waals surface area (Å²) in [5.41, 5.74) is 4.95. The SMILES string of the molecule is CCc1ccc2ccc(/C=C/CC(=O)NC(C(=O)NC(C)C(=O)N3CCCC(C(=O)O)N3)C(C)C)cc2c1. The van der Waals surface area contributed by atoms with E-state index in [1.807, 2.05) is 26.0 Å². The van der Waals surface area contributed by atoms with Gasteiger partial charge in [-0.3, -0.25) is 24.2 Å². The Bertz CT molecular complexity index is 1210. The number of rotatable bonds is 10. The quantitative estimate of drug-likeness (QED) is 0.380. The van der Waals surface area contributed by atoms with Crippen molar-refractivity contribution >= 4 is 40.5 Å². The molecular formula is C29H38N4O5. The average molecular weight is 523 g/mol. The van der Waals surface area contributed by atoms with Crippen LogP contribution < -0.4 is 16.1 Å². The van der Waals surface area contributed by atoms with E-state index in [-0.39, 0.29) is 18.2 Å². The first-order valence-electron chi connectivity index (χ1n) is 13.2. The van der Waals surface area contributed by atoms with Crippen LogP contribution >= 0.6 is 0 Å². The fraction of sp³-hybridized carbons (Fsp3) is 0.448. The van der Waals surface area contributed by atoms with Crippen molar-refractivity contribution in [3.63, 3.8) is 0 Å². The Morgan fingerprint density at radius 1 is 1.08 bits per heavy atom. The Morgan fingerprint density at radius 2 is 1.82 bits per heavy atom. The van der Waals surface area contributed by atoms with Gasteiger partial charge in [-0.05, 0) is 60.1 Å². The van der Waals surface area contributed by atoms with Crippen LogP contribution in [-0.4, -0.2) is 58.5 Å². The number of amides is 3. The molecular weight excluding hydrogens is 484 g/mol. The maximum Gasteiger partial charge on any atom is 0.322 e. The zero-order chi connectivity index (χ0) is 27.8. The number of carboxylic acids is 1. The lowest BCUT2D eigenvalue weighted by Crippen LogP contribution is -2.60. The molecule has 0 aromatic heterocycles. The van der Waals surface area contributed by atoms with Crippen LogP contribution in [0.2, 0.25) is 0 Å². The van der Waals surface area contributed by atoms with Crippen molar-refractivity contribution in [3.05, 3.63) is 53.6 Å². The van der Waals surface area contributed by atoms with Gasteiger partial charge in [0.1, 0.15) is 18.1 Å². The number of fused-ring (bicyclic) bond motifs is 1. The molecule has 3 rings (SSSR count). The average Bonchev–Trinajstić information content (AvgIpc) is 2.90. The van der Waals surface area contributed by atoms with Gasteiger partial charge in [0, 0.05) is 13.0 Å². The van der Waals surface area contributed by atoms with Gasteiger partial charge in [0.25, 0.3) is 5.91 Å². The maximum atomic E-state index is 12.9. The van der Waals surface area contributed by atoms with Crippen molar-refractivity contribution in [2.45, 2.75) is 71.5 Å². The van der Waals surface area contributed by atoms with E-state index >= 15 is 0 Å². The van der Waals surface area contributed by atoms with Crippen molar-refractivity contribution in [3.8, 4) is 0 Å². The van der Waals surface area contributed by atoms with Gasteiger partial charge in [0.15, 0.2) is 0 Å². The Kier molecular flexibility index (Phi) is 10.0. The van der Waals surface area contributed by atoms with E-state index < -0.39 is 35.9 Å². The lowest BCUT2D eigenvalue weighted by Gasteiger charge is -2.34. The number of nitrogens with zero attached hydrogens (tertiary/aromatic N) is 1. The van der Waals surface area contributed by atoms with Crippen molar-refractivity contribution < 1.29 is 24.3 Å². The van der Waals surface area contributed by atoms with Gasteiger partial charge < -0.3 is 15.7 Å². The Labute approximate surface area is 223 Å². The van der Waals surface area contributed by atoms with Crippen molar-refractivity contribution in [1.29, 1.82) is 0 Å². The molecule has 0 spiro atoms. The molecule has 3 unspecified atom stereocenters. The molecule has 4 N–H and O–H groups in total. The first kappa shape index (κ1) is 28.8. The van der Waals surface area contributed by atoms with Crippen LogP contribution in [0.25, 0.3) is 16.8 Å². The van der Waals surface area contributed by atoms with Crippen LogP contribution in [0.5, 0.6) is 0 Å². The first-order chi connectivity index (χ1) is 18.1. The molecule has 0 bridgehead atoms. The molecule has 2 aromatic carbocycles. The molecule has 0 aliphatic carbocycles.